The number of ether oxygens (including phenoxy) is 1. The number of Topliss-reactive ketones (excluding diaryl/α,β-unsaturated/α-hetero) is 1. The van der Waals surface area contributed by atoms with E-state index in [-0.39, 0.29) is 23.9 Å². The topological polar surface area (TPSA) is 59.5 Å². The molecule has 1 aromatic carbocycles. The van der Waals surface area contributed by atoms with Gasteiger partial charge in [-0.15, -0.1) is 11.3 Å². The standard InChI is InChI=1S/C26H27FN2O3S/c1-16-3-2-10-29(15-16)26(31)24-14-21-25(33-24)23(8-9-28-21)32-22-7-6-18(13-20(22)27)12-19(30)11-17-4-5-17/h6-9,13-14,16-17H,2-5,10-12,15H2,1H3/t16-/m1/s1. The summed E-state index contributed by atoms with van der Waals surface area (Å²) in [4.78, 5) is 32.0. The van der Waals surface area contributed by atoms with E-state index in [0.29, 0.717) is 44.7 Å². The van der Waals surface area contributed by atoms with Gasteiger partial charge in [0.15, 0.2) is 11.6 Å². The lowest BCUT2D eigenvalue weighted by atomic mass is 10.0. The molecule has 5 nitrogen and oxygen atoms in total. The van der Waals surface area contributed by atoms with Crippen LogP contribution in [0.4, 0.5) is 4.39 Å². The number of carbonyl (C=O) groups is 2. The highest BCUT2D eigenvalue weighted by Crippen LogP contribution is 2.37. The van der Waals surface area contributed by atoms with Crippen molar-refractivity contribution in [3.8, 4) is 11.5 Å². The Morgan fingerprint density at radius 1 is 1.18 bits per heavy atom. The van der Waals surface area contributed by atoms with Crippen LogP contribution in [-0.4, -0.2) is 34.7 Å². The molecule has 2 aromatic heterocycles. The second-order valence-corrected chi connectivity index (χ2v) is 10.4. The van der Waals surface area contributed by atoms with Gasteiger partial charge in [0.05, 0.1) is 15.1 Å². The minimum atomic E-state index is -0.508. The summed E-state index contributed by atoms with van der Waals surface area (Å²) in [5, 5.41) is 0. The molecule has 0 N–H and O–H groups in total. The predicted octanol–water partition coefficient (Wildman–Crippen LogP) is 6.01. The number of thiophene rings is 1. The fourth-order valence-electron chi connectivity index (χ4n) is 4.43. The number of ketones is 1. The lowest BCUT2D eigenvalue weighted by molar-refractivity contribution is -0.118. The van der Waals surface area contributed by atoms with Crippen molar-refractivity contribution in [3.05, 3.63) is 52.8 Å². The highest BCUT2D eigenvalue weighted by molar-refractivity contribution is 7.21. The molecule has 33 heavy (non-hydrogen) atoms. The molecule has 2 fully saturated rings. The largest absolute Gasteiger partial charge is 0.453 e. The van der Waals surface area contributed by atoms with Crippen LogP contribution in [0, 0.1) is 17.7 Å². The number of aromatic nitrogens is 1. The Labute approximate surface area is 196 Å². The number of pyridine rings is 1. The SMILES string of the molecule is C[C@@H]1CCCN(C(=O)c2cc3nccc(Oc4ccc(CC(=O)CC5CC5)cc4F)c3s2)C1. The lowest BCUT2D eigenvalue weighted by Gasteiger charge is -2.30. The van der Waals surface area contributed by atoms with E-state index < -0.39 is 5.82 Å². The second kappa shape index (κ2) is 9.21. The maximum absolute atomic E-state index is 14.8. The van der Waals surface area contributed by atoms with E-state index in [9.17, 15) is 14.0 Å². The first-order valence-corrected chi connectivity index (χ1v) is 12.4. The second-order valence-electron chi connectivity index (χ2n) is 9.36. The number of benzene rings is 1. The summed E-state index contributed by atoms with van der Waals surface area (Å²) >= 11 is 1.33. The molecule has 1 aliphatic carbocycles. The van der Waals surface area contributed by atoms with E-state index in [1.54, 1.807) is 30.5 Å². The number of piperidine rings is 1. The molecule has 2 aliphatic rings. The number of likely N-dealkylation sites (tertiary alicyclic amines) is 1. The molecule has 5 rings (SSSR count). The van der Waals surface area contributed by atoms with E-state index in [0.717, 1.165) is 38.8 Å². The van der Waals surface area contributed by atoms with Crippen molar-refractivity contribution >= 4 is 33.2 Å². The molecule has 0 unspecified atom stereocenters. The molecule has 0 spiro atoms. The fraction of sp³-hybridized carbons (Fsp3) is 0.423. The normalized spacial score (nSPS) is 18.5. The minimum Gasteiger partial charge on any atom is -0.453 e. The van der Waals surface area contributed by atoms with Crippen LogP contribution in [0.15, 0.2) is 36.5 Å². The lowest BCUT2D eigenvalue weighted by Crippen LogP contribution is -2.38. The molecular weight excluding hydrogens is 439 g/mol. The zero-order valence-electron chi connectivity index (χ0n) is 18.7. The molecule has 1 amide bonds. The van der Waals surface area contributed by atoms with Crippen LogP contribution in [0.25, 0.3) is 10.2 Å². The van der Waals surface area contributed by atoms with Crippen LogP contribution >= 0.6 is 11.3 Å². The highest BCUT2D eigenvalue weighted by Gasteiger charge is 2.25. The van der Waals surface area contributed by atoms with Gasteiger partial charge in [-0.1, -0.05) is 13.0 Å². The number of rotatable bonds is 7. The van der Waals surface area contributed by atoms with Gasteiger partial charge in [0.2, 0.25) is 0 Å². The third-order valence-electron chi connectivity index (χ3n) is 6.36. The number of amides is 1. The summed E-state index contributed by atoms with van der Waals surface area (Å²) in [5.74, 6) is 1.25. The van der Waals surface area contributed by atoms with Crippen molar-refractivity contribution in [2.45, 2.75) is 45.4 Å². The smallest absolute Gasteiger partial charge is 0.264 e. The predicted molar refractivity (Wildman–Crippen MR) is 126 cm³/mol. The summed E-state index contributed by atoms with van der Waals surface area (Å²) in [7, 11) is 0. The Bertz CT molecular complexity index is 1200. The van der Waals surface area contributed by atoms with Gasteiger partial charge in [0.1, 0.15) is 11.5 Å². The molecule has 1 atom stereocenters. The van der Waals surface area contributed by atoms with Crippen molar-refractivity contribution in [1.82, 2.24) is 9.88 Å². The molecule has 3 aromatic rings. The first-order chi connectivity index (χ1) is 16.0. The van der Waals surface area contributed by atoms with Gasteiger partial charge in [0.25, 0.3) is 5.91 Å². The van der Waals surface area contributed by atoms with E-state index in [4.69, 9.17) is 4.74 Å². The van der Waals surface area contributed by atoms with Gasteiger partial charge < -0.3 is 9.64 Å². The Morgan fingerprint density at radius 2 is 2.03 bits per heavy atom. The van der Waals surface area contributed by atoms with E-state index in [2.05, 4.69) is 11.9 Å². The minimum absolute atomic E-state index is 0.0156. The first-order valence-electron chi connectivity index (χ1n) is 11.6. The van der Waals surface area contributed by atoms with Crippen molar-refractivity contribution in [1.29, 1.82) is 0 Å². The zero-order chi connectivity index (χ0) is 22.9. The third-order valence-corrected chi connectivity index (χ3v) is 7.49. The first kappa shape index (κ1) is 22.0. The molecule has 1 aliphatic heterocycles. The van der Waals surface area contributed by atoms with Crippen molar-refractivity contribution in [3.63, 3.8) is 0 Å². The number of hydrogen-bond acceptors (Lipinski definition) is 5. The van der Waals surface area contributed by atoms with Crippen molar-refractivity contribution < 1.29 is 18.7 Å². The molecule has 1 saturated carbocycles. The van der Waals surface area contributed by atoms with Gasteiger partial charge in [-0.3, -0.25) is 14.6 Å². The van der Waals surface area contributed by atoms with Gasteiger partial charge in [0, 0.05) is 38.2 Å². The van der Waals surface area contributed by atoms with Gasteiger partial charge in [-0.25, -0.2) is 4.39 Å². The number of carbonyl (C=O) groups excluding carboxylic acids is 2. The average Bonchev–Trinajstić information content (AvgIpc) is 3.49. The monoisotopic (exact) mass is 466 g/mol. The Hall–Kier alpha value is -2.80. The Balaban J connectivity index is 1.33. The summed E-state index contributed by atoms with van der Waals surface area (Å²) in [5.41, 5.74) is 1.32. The molecule has 0 bridgehead atoms. The summed E-state index contributed by atoms with van der Waals surface area (Å²) in [6, 6.07) is 8.15. The molecular formula is C26H27FN2O3S. The number of nitrogens with zero attached hydrogens (tertiary/aromatic N) is 2. The maximum Gasteiger partial charge on any atom is 0.264 e. The van der Waals surface area contributed by atoms with Crippen molar-refractivity contribution in [2.24, 2.45) is 11.8 Å². The van der Waals surface area contributed by atoms with Crippen LogP contribution in [-0.2, 0) is 11.2 Å². The zero-order valence-corrected chi connectivity index (χ0v) is 19.5. The quantitative estimate of drug-likeness (QED) is 0.428. The summed E-state index contributed by atoms with van der Waals surface area (Å²) in [6.07, 6.45) is 6.86. The number of halogens is 1. The summed E-state index contributed by atoms with van der Waals surface area (Å²) < 4.78 is 21.4. The van der Waals surface area contributed by atoms with Crippen LogP contribution in [0.2, 0.25) is 0 Å². The Morgan fingerprint density at radius 3 is 2.79 bits per heavy atom. The molecule has 7 heteroatoms. The van der Waals surface area contributed by atoms with E-state index in [1.165, 1.54) is 17.4 Å². The molecule has 1 saturated heterocycles. The van der Waals surface area contributed by atoms with Crippen LogP contribution in [0.5, 0.6) is 11.5 Å². The third kappa shape index (κ3) is 5.08. The van der Waals surface area contributed by atoms with E-state index in [1.807, 2.05) is 4.90 Å². The summed E-state index contributed by atoms with van der Waals surface area (Å²) in [6.45, 7) is 3.71. The number of fused-ring (bicyclic) bond motifs is 1. The van der Waals surface area contributed by atoms with Crippen molar-refractivity contribution in [2.75, 3.05) is 13.1 Å². The fourth-order valence-corrected chi connectivity index (χ4v) is 5.46. The highest BCUT2D eigenvalue weighted by atomic mass is 32.1. The van der Waals surface area contributed by atoms with Gasteiger partial charge in [-0.2, -0.15) is 0 Å². The van der Waals surface area contributed by atoms with Gasteiger partial charge >= 0.3 is 0 Å². The van der Waals surface area contributed by atoms with Crippen LogP contribution in [0.3, 0.4) is 0 Å². The van der Waals surface area contributed by atoms with Crippen LogP contribution in [0.1, 0.15) is 54.3 Å². The van der Waals surface area contributed by atoms with Gasteiger partial charge in [-0.05, 0) is 61.3 Å². The molecule has 172 valence electrons. The Kier molecular flexibility index (Phi) is 6.15. The maximum atomic E-state index is 14.8. The van der Waals surface area contributed by atoms with E-state index >= 15 is 0 Å². The molecule has 0 radical (unpaired) electrons. The van der Waals surface area contributed by atoms with Crippen LogP contribution < -0.4 is 4.74 Å². The number of hydrogen-bond donors (Lipinski definition) is 0. The molecule has 3 heterocycles. The average molecular weight is 467 g/mol.